The average molecular weight is 204 g/mol. The van der Waals surface area contributed by atoms with Crippen LogP contribution in [0.25, 0.3) is 6.08 Å². The third kappa shape index (κ3) is 2.84. The van der Waals surface area contributed by atoms with Crippen LogP contribution >= 0.6 is 0 Å². The van der Waals surface area contributed by atoms with Crippen LogP contribution in [0.3, 0.4) is 0 Å². The quantitative estimate of drug-likeness (QED) is 0.694. The van der Waals surface area contributed by atoms with Crippen LogP contribution < -0.4 is 0 Å². The second-order valence-electron chi connectivity index (χ2n) is 3.31. The Balaban J connectivity index is 1.96. The van der Waals surface area contributed by atoms with E-state index in [0.29, 0.717) is 6.61 Å². The van der Waals surface area contributed by atoms with E-state index < -0.39 is 6.16 Å². The molecule has 1 atom stereocenters. The fourth-order valence-electron chi connectivity index (χ4n) is 1.39. The largest absolute Gasteiger partial charge is 0.508 e. The van der Waals surface area contributed by atoms with Gasteiger partial charge in [0, 0.05) is 6.42 Å². The van der Waals surface area contributed by atoms with E-state index in [1.165, 1.54) is 0 Å². The molecule has 0 bridgehead atoms. The van der Waals surface area contributed by atoms with Crippen LogP contribution in [0.4, 0.5) is 4.79 Å². The minimum atomic E-state index is -0.580. The Morgan fingerprint density at radius 3 is 2.80 bits per heavy atom. The highest BCUT2D eigenvalue weighted by molar-refractivity contribution is 5.61. The molecular formula is C12H12O3. The third-order valence-electron chi connectivity index (χ3n) is 2.17. The second kappa shape index (κ2) is 4.64. The molecule has 0 amide bonds. The van der Waals surface area contributed by atoms with E-state index in [-0.39, 0.29) is 6.10 Å². The van der Waals surface area contributed by atoms with Crippen LogP contribution in [0.2, 0.25) is 0 Å². The van der Waals surface area contributed by atoms with E-state index in [2.05, 4.69) is 4.74 Å². The summed E-state index contributed by atoms with van der Waals surface area (Å²) in [6.45, 7) is 0.433. The first-order valence-electron chi connectivity index (χ1n) is 4.91. The maximum absolute atomic E-state index is 10.8. The average Bonchev–Trinajstić information content (AvgIpc) is 2.28. The Bertz CT molecular complexity index is 356. The second-order valence-corrected chi connectivity index (χ2v) is 3.31. The molecule has 0 aromatic heterocycles. The van der Waals surface area contributed by atoms with Gasteiger partial charge in [-0.3, -0.25) is 0 Å². The molecule has 15 heavy (non-hydrogen) atoms. The molecule has 0 spiro atoms. The Hall–Kier alpha value is -1.77. The predicted octanol–water partition coefficient (Wildman–Crippen LogP) is 2.63. The normalized spacial score (nSPS) is 21.1. The highest BCUT2D eigenvalue weighted by Gasteiger charge is 2.18. The van der Waals surface area contributed by atoms with Gasteiger partial charge in [-0.1, -0.05) is 36.4 Å². The lowest BCUT2D eigenvalue weighted by Crippen LogP contribution is -2.25. The number of carbonyl (C=O) groups is 1. The molecule has 1 aromatic carbocycles. The van der Waals surface area contributed by atoms with Crippen LogP contribution in [0.5, 0.6) is 0 Å². The van der Waals surface area contributed by atoms with Crippen molar-refractivity contribution in [1.82, 2.24) is 0 Å². The van der Waals surface area contributed by atoms with Crippen molar-refractivity contribution in [1.29, 1.82) is 0 Å². The van der Waals surface area contributed by atoms with Crippen LogP contribution in [-0.4, -0.2) is 18.9 Å². The molecule has 1 aliphatic heterocycles. The monoisotopic (exact) mass is 204 g/mol. The summed E-state index contributed by atoms with van der Waals surface area (Å²) in [6, 6.07) is 9.90. The highest BCUT2D eigenvalue weighted by atomic mass is 16.7. The van der Waals surface area contributed by atoms with Gasteiger partial charge in [-0.05, 0) is 11.6 Å². The van der Waals surface area contributed by atoms with Gasteiger partial charge in [0.1, 0.15) is 6.10 Å². The van der Waals surface area contributed by atoms with Gasteiger partial charge in [0.15, 0.2) is 0 Å². The Labute approximate surface area is 88.3 Å². The van der Waals surface area contributed by atoms with Crippen LogP contribution in [0.15, 0.2) is 36.4 Å². The topological polar surface area (TPSA) is 35.5 Å². The number of cyclic esters (lactones) is 2. The summed E-state index contributed by atoms with van der Waals surface area (Å²) in [6.07, 6.45) is 3.81. The Morgan fingerprint density at radius 2 is 2.07 bits per heavy atom. The molecule has 2 rings (SSSR count). The van der Waals surface area contributed by atoms with E-state index in [0.717, 1.165) is 12.0 Å². The number of hydrogen-bond acceptors (Lipinski definition) is 3. The van der Waals surface area contributed by atoms with Gasteiger partial charge in [-0.25, -0.2) is 4.79 Å². The highest BCUT2D eigenvalue weighted by Crippen LogP contribution is 2.11. The van der Waals surface area contributed by atoms with Gasteiger partial charge in [0.2, 0.25) is 0 Å². The number of carbonyl (C=O) groups excluding carboxylic acids is 1. The fraction of sp³-hybridized carbons (Fsp3) is 0.250. The molecule has 78 valence electrons. The molecule has 1 aliphatic rings. The van der Waals surface area contributed by atoms with Gasteiger partial charge in [-0.15, -0.1) is 0 Å². The molecule has 3 heteroatoms. The van der Waals surface area contributed by atoms with E-state index in [1.54, 1.807) is 0 Å². The molecule has 0 radical (unpaired) electrons. The lowest BCUT2D eigenvalue weighted by Gasteiger charge is -2.19. The number of rotatable bonds is 2. The first-order chi connectivity index (χ1) is 7.34. The van der Waals surface area contributed by atoms with Crippen molar-refractivity contribution in [2.75, 3.05) is 6.61 Å². The lowest BCUT2D eigenvalue weighted by molar-refractivity contribution is -0.00537. The summed E-state index contributed by atoms with van der Waals surface area (Å²) in [7, 11) is 0. The molecule has 0 aliphatic carbocycles. The zero-order valence-corrected chi connectivity index (χ0v) is 8.26. The van der Waals surface area contributed by atoms with Crippen molar-refractivity contribution in [3.05, 3.63) is 42.0 Å². The van der Waals surface area contributed by atoms with Gasteiger partial charge < -0.3 is 9.47 Å². The minimum Gasteiger partial charge on any atom is -0.434 e. The lowest BCUT2D eigenvalue weighted by atomic mass is 10.1. The molecular weight excluding hydrogens is 192 g/mol. The van der Waals surface area contributed by atoms with Gasteiger partial charge in [0.25, 0.3) is 0 Å². The summed E-state index contributed by atoms with van der Waals surface area (Å²) < 4.78 is 9.63. The molecule has 1 heterocycles. The van der Waals surface area contributed by atoms with Crippen LogP contribution in [-0.2, 0) is 9.47 Å². The van der Waals surface area contributed by atoms with Crippen molar-refractivity contribution in [2.45, 2.75) is 12.5 Å². The van der Waals surface area contributed by atoms with Crippen molar-refractivity contribution >= 4 is 12.2 Å². The maximum atomic E-state index is 10.8. The van der Waals surface area contributed by atoms with Crippen LogP contribution in [0, 0.1) is 0 Å². The van der Waals surface area contributed by atoms with Gasteiger partial charge >= 0.3 is 6.16 Å². The minimum absolute atomic E-state index is 0.161. The Kier molecular flexibility index (Phi) is 3.02. The SMILES string of the molecule is O=C1OCCC(/C=C/c2ccccc2)O1. The van der Waals surface area contributed by atoms with E-state index in [1.807, 2.05) is 42.5 Å². The number of benzene rings is 1. The molecule has 1 fully saturated rings. The first kappa shape index (κ1) is 9.77. The standard InChI is InChI=1S/C12H12O3/c13-12-14-9-8-11(15-12)7-6-10-4-2-1-3-5-10/h1-7,11H,8-9H2/b7-6+. The van der Waals surface area contributed by atoms with Crippen molar-refractivity contribution < 1.29 is 14.3 Å². The molecule has 1 saturated heterocycles. The first-order valence-corrected chi connectivity index (χ1v) is 4.91. The summed E-state index contributed by atoms with van der Waals surface area (Å²) >= 11 is 0. The summed E-state index contributed by atoms with van der Waals surface area (Å²) in [5.74, 6) is 0. The van der Waals surface area contributed by atoms with Crippen molar-refractivity contribution in [3.8, 4) is 0 Å². The molecule has 3 nitrogen and oxygen atoms in total. The predicted molar refractivity (Wildman–Crippen MR) is 56.3 cm³/mol. The number of ether oxygens (including phenoxy) is 2. The van der Waals surface area contributed by atoms with Gasteiger partial charge in [-0.2, -0.15) is 0 Å². The van der Waals surface area contributed by atoms with Crippen LogP contribution in [0.1, 0.15) is 12.0 Å². The van der Waals surface area contributed by atoms with E-state index in [9.17, 15) is 4.79 Å². The van der Waals surface area contributed by atoms with Crippen molar-refractivity contribution in [3.63, 3.8) is 0 Å². The van der Waals surface area contributed by atoms with Crippen molar-refractivity contribution in [2.24, 2.45) is 0 Å². The molecule has 1 unspecified atom stereocenters. The van der Waals surface area contributed by atoms with Gasteiger partial charge in [0.05, 0.1) is 6.61 Å². The zero-order chi connectivity index (χ0) is 10.5. The molecule has 0 saturated carbocycles. The summed E-state index contributed by atoms with van der Waals surface area (Å²) in [5, 5.41) is 0. The fourth-order valence-corrected chi connectivity index (χ4v) is 1.39. The van der Waals surface area contributed by atoms with E-state index >= 15 is 0 Å². The smallest absolute Gasteiger partial charge is 0.434 e. The molecule has 1 aromatic rings. The Morgan fingerprint density at radius 1 is 1.27 bits per heavy atom. The van der Waals surface area contributed by atoms with E-state index in [4.69, 9.17) is 4.74 Å². The summed E-state index contributed by atoms with van der Waals surface area (Å²) in [5.41, 5.74) is 1.10. The molecule has 0 N–H and O–H groups in total. The maximum Gasteiger partial charge on any atom is 0.508 e. The zero-order valence-electron chi connectivity index (χ0n) is 8.26. The number of hydrogen-bond donors (Lipinski definition) is 0. The summed E-state index contributed by atoms with van der Waals surface area (Å²) in [4.78, 5) is 10.8. The third-order valence-corrected chi connectivity index (χ3v) is 2.17.